The molecule has 3 rings (SSSR count). The number of hydrogen-bond acceptors (Lipinski definition) is 6. The Balaban J connectivity index is 1.54. The van der Waals surface area contributed by atoms with Crippen molar-refractivity contribution < 1.29 is 27.9 Å². The number of amides is 1. The molecular weight excluding hydrogens is 369 g/mol. The molecule has 2 aromatic carbocycles. The minimum atomic E-state index is -1.15. The van der Waals surface area contributed by atoms with Crippen LogP contribution in [0.5, 0.6) is 5.75 Å². The fourth-order valence-electron chi connectivity index (χ4n) is 2.35. The third kappa shape index (κ3) is 4.73. The normalized spacial score (nSPS) is 11.6. The lowest BCUT2D eigenvalue weighted by Crippen LogP contribution is -2.31. The molecule has 0 spiro atoms. The summed E-state index contributed by atoms with van der Waals surface area (Å²) in [5.41, 5.74) is -0.195. The zero-order valence-corrected chi connectivity index (χ0v) is 14.8. The van der Waals surface area contributed by atoms with Crippen LogP contribution in [0.15, 0.2) is 63.8 Å². The Morgan fingerprint density at radius 2 is 1.89 bits per heavy atom. The Kier molecular flexibility index (Phi) is 5.69. The van der Waals surface area contributed by atoms with Crippen LogP contribution < -0.4 is 15.7 Å². The first kappa shape index (κ1) is 19.1. The SMILES string of the molecule is CC(OC(=O)COc1ccc2ccc(=O)oc2c1)C(=O)Nc1ccccc1F. The van der Waals surface area contributed by atoms with Gasteiger partial charge in [0.1, 0.15) is 17.1 Å². The van der Waals surface area contributed by atoms with Gasteiger partial charge in [-0.15, -0.1) is 0 Å². The molecule has 1 unspecified atom stereocenters. The molecule has 1 N–H and O–H groups in total. The fourth-order valence-corrected chi connectivity index (χ4v) is 2.35. The van der Waals surface area contributed by atoms with E-state index < -0.39 is 36.0 Å². The van der Waals surface area contributed by atoms with Gasteiger partial charge in [0.2, 0.25) is 0 Å². The summed E-state index contributed by atoms with van der Waals surface area (Å²) in [7, 11) is 0. The van der Waals surface area contributed by atoms with Crippen LogP contribution in [0.25, 0.3) is 11.0 Å². The number of anilines is 1. The number of carbonyl (C=O) groups excluding carboxylic acids is 2. The lowest BCUT2D eigenvalue weighted by Gasteiger charge is -2.14. The van der Waals surface area contributed by atoms with Crippen LogP contribution in [0.2, 0.25) is 0 Å². The van der Waals surface area contributed by atoms with Gasteiger partial charge in [0.25, 0.3) is 5.91 Å². The van der Waals surface area contributed by atoms with E-state index in [1.165, 1.54) is 37.3 Å². The highest BCUT2D eigenvalue weighted by Gasteiger charge is 2.19. The van der Waals surface area contributed by atoms with E-state index in [0.717, 1.165) is 0 Å². The maximum absolute atomic E-state index is 13.6. The molecule has 1 aromatic heterocycles. The molecule has 3 aromatic rings. The standard InChI is InChI=1S/C20H16FNO6/c1-12(20(25)22-16-5-3-2-4-15(16)21)27-19(24)11-26-14-8-6-13-7-9-18(23)28-17(13)10-14/h2-10,12H,11H2,1H3,(H,22,25). The van der Waals surface area contributed by atoms with Gasteiger partial charge in [-0.3, -0.25) is 4.79 Å². The molecule has 0 saturated carbocycles. The van der Waals surface area contributed by atoms with E-state index in [-0.39, 0.29) is 5.69 Å². The summed E-state index contributed by atoms with van der Waals surface area (Å²) in [6.07, 6.45) is -1.15. The van der Waals surface area contributed by atoms with Crippen LogP contribution in [0, 0.1) is 5.82 Å². The summed E-state index contributed by atoms with van der Waals surface area (Å²) in [6, 6.07) is 13.3. The third-order valence-electron chi connectivity index (χ3n) is 3.76. The topological polar surface area (TPSA) is 94.8 Å². The number of benzene rings is 2. The number of para-hydroxylation sites is 1. The minimum absolute atomic E-state index is 0.00990. The van der Waals surface area contributed by atoms with Crippen molar-refractivity contribution in [1.82, 2.24) is 0 Å². The molecule has 7 nitrogen and oxygen atoms in total. The molecule has 28 heavy (non-hydrogen) atoms. The number of rotatable bonds is 6. The first-order valence-electron chi connectivity index (χ1n) is 8.34. The Hall–Kier alpha value is -3.68. The van der Waals surface area contributed by atoms with E-state index in [1.807, 2.05) is 0 Å². The van der Waals surface area contributed by atoms with Crippen molar-refractivity contribution in [1.29, 1.82) is 0 Å². The van der Waals surface area contributed by atoms with E-state index in [0.29, 0.717) is 16.7 Å². The maximum atomic E-state index is 13.6. The molecule has 1 amide bonds. The molecule has 0 radical (unpaired) electrons. The predicted molar refractivity (Wildman–Crippen MR) is 98.6 cm³/mol. The number of ether oxygens (including phenoxy) is 2. The summed E-state index contributed by atoms with van der Waals surface area (Å²) in [5.74, 6) is -1.76. The molecule has 0 aliphatic rings. The second kappa shape index (κ2) is 8.34. The van der Waals surface area contributed by atoms with E-state index >= 15 is 0 Å². The Bertz CT molecular complexity index is 1080. The highest BCUT2D eigenvalue weighted by atomic mass is 19.1. The van der Waals surface area contributed by atoms with Gasteiger partial charge in [-0.2, -0.15) is 0 Å². The summed E-state index contributed by atoms with van der Waals surface area (Å²) < 4.78 is 28.9. The molecule has 0 bridgehead atoms. The Labute approximate surface area is 158 Å². The van der Waals surface area contributed by atoms with Crippen LogP contribution in [-0.4, -0.2) is 24.6 Å². The lowest BCUT2D eigenvalue weighted by molar-refractivity contribution is -0.155. The molecule has 0 aliphatic carbocycles. The molecule has 144 valence electrons. The van der Waals surface area contributed by atoms with Crippen molar-refractivity contribution >= 4 is 28.5 Å². The number of carbonyl (C=O) groups is 2. The molecule has 0 saturated heterocycles. The van der Waals surface area contributed by atoms with Gasteiger partial charge in [-0.05, 0) is 37.3 Å². The summed E-state index contributed by atoms with van der Waals surface area (Å²) >= 11 is 0. The van der Waals surface area contributed by atoms with Crippen molar-refractivity contribution in [3.63, 3.8) is 0 Å². The van der Waals surface area contributed by atoms with Crippen LogP contribution >= 0.6 is 0 Å². The van der Waals surface area contributed by atoms with Gasteiger partial charge >= 0.3 is 11.6 Å². The highest BCUT2D eigenvalue weighted by Crippen LogP contribution is 2.19. The van der Waals surface area contributed by atoms with Crippen LogP contribution in [0.1, 0.15) is 6.92 Å². The number of nitrogens with one attached hydrogen (secondary N) is 1. The maximum Gasteiger partial charge on any atom is 0.344 e. The van der Waals surface area contributed by atoms with E-state index in [4.69, 9.17) is 13.9 Å². The predicted octanol–water partition coefficient (Wildman–Crippen LogP) is 2.88. The second-order valence-corrected chi connectivity index (χ2v) is 5.84. The Morgan fingerprint density at radius 3 is 2.68 bits per heavy atom. The third-order valence-corrected chi connectivity index (χ3v) is 3.76. The van der Waals surface area contributed by atoms with Crippen LogP contribution in [-0.2, 0) is 14.3 Å². The second-order valence-electron chi connectivity index (χ2n) is 5.84. The molecule has 0 aliphatic heterocycles. The van der Waals surface area contributed by atoms with Crippen LogP contribution in [0.4, 0.5) is 10.1 Å². The van der Waals surface area contributed by atoms with Gasteiger partial charge in [-0.1, -0.05) is 12.1 Å². The van der Waals surface area contributed by atoms with Crippen LogP contribution in [0.3, 0.4) is 0 Å². The van der Waals surface area contributed by atoms with Gasteiger partial charge in [0.15, 0.2) is 12.7 Å². The van der Waals surface area contributed by atoms with Crippen molar-refractivity contribution in [3.05, 3.63) is 70.8 Å². The van der Waals surface area contributed by atoms with E-state index in [2.05, 4.69) is 5.32 Å². The number of fused-ring (bicyclic) bond motifs is 1. The minimum Gasteiger partial charge on any atom is -0.482 e. The summed E-state index contributed by atoms with van der Waals surface area (Å²) in [6.45, 7) is 0.901. The lowest BCUT2D eigenvalue weighted by atomic mass is 10.2. The first-order chi connectivity index (χ1) is 13.4. The number of esters is 1. The summed E-state index contributed by atoms with van der Waals surface area (Å²) in [4.78, 5) is 35.2. The van der Waals surface area contributed by atoms with Gasteiger partial charge < -0.3 is 19.2 Å². The smallest absolute Gasteiger partial charge is 0.344 e. The van der Waals surface area contributed by atoms with E-state index in [1.54, 1.807) is 24.3 Å². The molecule has 1 heterocycles. The quantitative estimate of drug-likeness (QED) is 0.518. The molecule has 8 heteroatoms. The number of halogens is 1. The van der Waals surface area contributed by atoms with Gasteiger partial charge in [-0.25, -0.2) is 14.0 Å². The van der Waals surface area contributed by atoms with Crippen molar-refractivity contribution in [2.75, 3.05) is 11.9 Å². The van der Waals surface area contributed by atoms with Gasteiger partial charge in [0, 0.05) is 17.5 Å². The number of hydrogen-bond donors (Lipinski definition) is 1. The average molecular weight is 385 g/mol. The monoisotopic (exact) mass is 385 g/mol. The molecule has 0 fully saturated rings. The zero-order chi connectivity index (χ0) is 20.1. The zero-order valence-electron chi connectivity index (χ0n) is 14.8. The molecular formula is C20H16FNO6. The largest absolute Gasteiger partial charge is 0.482 e. The van der Waals surface area contributed by atoms with Crippen molar-refractivity contribution in [3.8, 4) is 5.75 Å². The van der Waals surface area contributed by atoms with Crippen molar-refractivity contribution in [2.45, 2.75) is 13.0 Å². The fraction of sp³-hybridized carbons (Fsp3) is 0.150. The summed E-state index contributed by atoms with van der Waals surface area (Å²) in [5, 5.41) is 3.04. The highest BCUT2D eigenvalue weighted by molar-refractivity contribution is 5.95. The van der Waals surface area contributed by atoms with E-state index in [9.17, 15) is 18.8 Å². The Morgan fingerprint density at radius 1 is 1.14 bits per heavy atom. The first-order valence-corrected chi connectivity index (χ1v) is 8.34. The van der Waals surface area contributed by atoms with Gasteiger partial charge in [0.05, 0.1) is 5.69 Å². The van der Waals surface area contributed by atoms with Crippen molar-refractivity contribution in [2.24, 2.45) is 0 Å². The molecule has 1 atom stereocenters. The average Bonchev–Trinajstić information content (AvgIpc) is 2.67.